The zero-order valence-corrected chi connectivity index (χ0v) is 13.8. The number of hydrazone groups is 1. The van der Waals surface area contributed by atoms with Gasteiger partial charge in [0.05, 0.1) is 16.3 Å². The van der Waals surface area contributed by atoms with Crippen LogP contribution in [-0.2, 0) is 0 Å². The molecule has 0 aliphatic carbocycles. The molecule has 0 aliphatic rings. The third kappa shape index (κ3) is 4.34. The molecular formula is C15H14Cl3N3. The van der Waals surface area contributed by atoms with Crippen molar-refractivity contribution < 1.29 is 0 Å². The average Bonchev–Trinajstić information content (AvgIpc) is 2.45. The van der Waals surface area contributed by atoms with Gasteiger partial charge in [0, 0.05) is 0 Å². The van der Waals surface area contributed by atoms with Gasteiger partial charge >= 0.3 is 0 Å². The van der Waals surface area contributed by atoms with Crippen LogP contribution >= 0.6 is 34.8 Å². The van der Waals surface area contributed by atoms with Crippen LogP contribution in [-0.4, -0.2) is 11.2 Å². The van der Waals surface area contributed by atoms with Gasteiger partial charge in [0.1, 0.15) is 5.15 Å². The predicted octanol–water partition coefficient (Wildman–Crippen LogP) is 5.61. The van der Waals surface area contributed by atoms with E-state index in [0.717, 1.165) is 5.56 Å². The van der Waals surface area contributed by atoms with Gasteiger partial charge in [-0.2, -0.15) is 5.10 Å². The summed E-state index contributed by atoms with van der Waals surface area (Å²) in [6, 6.07) is 9.69. The number of pyridine rings is 1. The number of aromatic nitrogens is 1. The maximum absolute atomic E-state index is 6.00. The number of anilines is 1. The molecule has 3 nitrogen and oxygen atoms in total. The molecule has 0 spiro atoms. The van der Waals surface area contributed by atoms with E-state index in [0.29, 0.717) is 21.8 Å². The molecule has 0 radical (unpaired) electrons. The smallest absolute Gasteiger partial charge is 0.166 e. The molecule has 0 amide bonds. The molecule has 2 aromatic rings. The summed E-state index contributed by atoms with van der Waals surface area (Å²) in [6.45, 7) is 4.31. The predicted molar refractivity (Wildman–Crippen MR) is 91.0 cm³/mol. The first kappa shape index (κ1) is 16.1. The summed E-state index contributed by atoms with van der Waals surface area (Å²) in [5.74, 6) is 0.870. The molecule has 0 unspecified atom stereocenters. The first-order chi connectivity index (χ1) is 9.97. The molecule has 110 valence electrons. The fraction of sp³-hybridized carbons (Fsp3) is 0.200. The normalized spacial score (nSPS) is 11.3. The summed E-state index contributed by atoms with van der Waals surface area (Å²) < 4.78 is 0. The van der Waals surface area contributed by atoms with Crippen LogP contribution in [0.3, 0.4) is 0 Å². The van der Waals surface area contributed by atoms with Gasteiger partial charge in [0.15, 0.2) is 5.82 Å². The third-order valence-electron chi connectivity index (χ3n) is 2.87. The highest BCUT2D eigenvalue weighted by Crippen LogP contribution is 2.28. The summed E-state index contributed by atoms with van der Waals surface area (Å²) >= 11 is 17.6. The second-order valence-corrected chi connectivity index (χ2v) is 5.96. The highest BCUT2D eigenvalue weighted by Gasteiger charge is 2.06. The van der Waals surface area contributed by atoms with Gasteiger partial charge in [-0.05, 0) is 23.1 Å². The second-order valence-electron chi connectivity index (χ2n) is 4.78. The Kier molecular flexibility index (Phi) is 5.45. The Morgan fingerprint density at radius 3 is 2.38 bits per heavy atom. The zero-order chi connectivity index (χ0) is 15.4. The highest BCUT2D eigenvalue weighted by atomic mass is 35.5. The number of rotatable bonds is 4. The van der Waals surface area contributed by atoms with Crippen LogP contribution in [0.2, 0.25) is 15.2 Å². The molecule has 21 heavy (non-hydrogen) atoms. The van der Waals surface area contributed by atoms with Crippen LogP contribution < -0.4 is 5.43 Å². The SMILES string of the molecule is CC(C)c1ccc(/C=N\Nc2nc(Cl)c(Cl)cc2Cl)cc1. The summed E-state index contributed by atoms with van der Waals surface area (Å²) in [5.41, 5.74) is 5.01. The molecule has 0 aliphatic heterocycles. The van der Waals surface area contributed by atoms with Gasteiger partial charge in [-0.3, -0.25) is 5.43 Å². The first-order valence-electron chi connectivity index (χ1n) is 6.38. The van der Waals surface area contributed by atoms with Crippen molar-refractivity contribution >= 4 is 46.8 Å². The number of hydrogen-bond acceptors (Lipinski definition) is 3. The first-order valence-corrected chi connectivity index (χ1v) is 7.51. The van der Waals surface area contributed by atoms with Crippen molar-refractivity contribution in [3.8, 4) is 0 Å². The van der Waals surface area contributed by atoms with Crippen LogP contribution in [0, 0.1) is 0 Å². The Balaban J connectivity index is 2.07. The summed E-state index contributed by atoms with van der Waals surface area (Å²) in [5, 5.41) is 4.94. The fourth-order valence-corrected chi connectivity index (χ4v) is 2.20. The van der Waals surface area contributed by atoms with Crippen LogP contribution in [0.5, 0.6) is 0 Å². The lowest BCUT2D eigenvalue weighted by atomic mass is 10.0. The van der Waals surface area contributed by atoms with Crippen molar-refractivity contribution in [2.75, 3.05) is 5.43 Å². The van der Waals surface area contributed by atoms with Crippen molar-refractivity contribution in [3.63, 3.8) is 0 Å². The Hall–Kier alpha value is -1.29. The molecule has 0 atom stereocenters. The quantitative estimate of drug-likeness (QED) is 0.445. The van der Waals surface area contributed by atoms with Crippen molar-refractivity contribution in [2.45, 2.75) is 19.8 Å². The molecule has 0 bridgehead atoms. The maximum Gasteiger partial charge on any atom is 0.166 e. The fourth-order valence-electron chi connectivity index (χ4n) is 1.66. The van der Waals surface area contributed by atoms with E-state index in [1.807, 2.05) is 12.1 Å². The zero-order valence-electron chi connectivity index (χ0n) is 11.6. The lowest BCUT2D eigenvalue weighted by Gasteiger charge is -2.05. The van der Waals surface area contributed by atoms with Crippen molar-refractivity contribution in [1.82, 2.24) is 4.98 Å². The van der Waals surface area contributed by atoms with E-state index in [2.05, 4.69) is 41.5 Å². The summed E-state index contributed by atoms with van der Waals surface area (Å²) in [7, 11) is 0. The van der Waals surface area contributed by atoms with Gasteiger partial charge in [-0.25, -0.2) is 4.98 Å². The van der Waals surface area contributed by atoms with Crippen molar-refractivity contribution in [3.05, 3.63) is 56.7 Å². The van der Waals surface area contributed by atoms with Crippen LogP contribution in [0.15, 0.2) is 35.4 Å². The van der Waals surface area contributed by atoms with E-state index in [1.54, 1.807) is 6.21 Å². The van der Waals surface area contributed by atoms with E-state index in [4.69, 9.17) is 34.8 Å². The molecule has 1 heterocycles. The minimum atomic E-state index is 0.181. The van der Waals surface area contributed by atoms with Crippen LogP contribution in [0.25, 0.3) is 0 Å². The number of halogens is 3. The van der Waals surface area contributed by atoms with E-state index in [1.165, 1.54) is 11.6 Å². The molecule has 2 rings (SSSR count). The monoisotopic (exact) mass is 341 g/mol. The summed E-state index contributed by atoms with van der Waals surface area (Å²) in [6.07, 6.45) is 1.69. The van der Waals surface area contributed by atoms with Crippen molar-refractivity contribution in [2.24, 2.45) is 5.10 Å². The number of nitrogens with one attached hydrogen (secondary N) is 1. The Labute approximate surface area is 138 Å². The average molecular weight is 343 g/mol. The number of nitrogens with zero attached hydrogens (tertiary/aromatic N) is 2. The molecule has 0 saturated carbocycles. The van der Waals surface area contributed by atoms with Gasteiger partial charge in [-0.15, -0.1) is 0 Å². The van der Waals surface area contributed by atoms with Crippen LogP contribution in [0.1, 0.15) is 30.9 Å². The lowest BCUT2D eigenvalue weighted by Crippen LogP contribution is -1.95. The van der Waals surface area contributed by atoms with E-state index >= 15 is 0 Å². The van der Waals surface area contributed by atoms with E-state index in [9.17, 15) is 0 Å². The van der Waals surface area contributed by atoms with Gasteiger partial charge in [0.25, 0.3) is 0 Å². The standard InChI is InChI=1S/C15H14Cl3N3/c1-9(2)11-5-3-10(4-6-11)8-19-21-15-13(17)7-12(16)14(18)20-15/h3-9H,1-2H3,(H,20,21)/b19-8-. The lowest BCUT2D eigenvalue weighted by molar-refractivity contribution is 0.866. The number of hydrogen-bond donors (Lipinski definition) is 1. The molecule has 0 fully saturated rings. The van der Waals surface area contributed by atoms with E-state index < -0.39 is 0 Å². The largest absolute Gasteiger partial charge is 0.260 e. The minimum Gasteiger partial charge on any atom is -0.260 e. The second kappa shape index (κ2) is 7.12. The maximum atomic E-state index is 6.00. The molecule has 1 aromatic heterocycles. The van der Waals surface area contributed by atoms with Gasteiger partial charge < -0.3 is 0 Å². The molecule has 6 heteroatoms. The van der Waals surface area contributed by atoms with Gasteiger partial charge in [0.2, 0.25) is 0 Å². The number of benzene rings is 1. The third-order valence-corrected chi connectivity index (χ3v) is 3.83. The van der Waals surface area contributed by atoms with E-state index in [-0.39, 0.29) is 5.15 Å². The Morgan fingerprint density at radius 2 is 1.76 bits per heavy atom. The molecule has 0 saturated heterocycles. The molecule has 1 aromatic carbocycles. The molecular weight excluding hydrogens is 329 g/mol. The van der Waals surface area contributed by atoms with Crippen LogP contribution in [0.4, 0.5) is 5.82 Å². The minimum absolute atomic E-state index is 0.181. The molecule has 1 N–H and O–H groups in total. The Bertz CT molecular complexity index is 652. The summed E-state index contributed by atoms with van der Waals surface area (Å²) in [4.78, 5) is 4.02. The van der Waals surface area contributed by atoms with Crippen molar-refractivity contribution in [1.29, 1.82) is 0 Å². The van der Waals surface area contributed by atoms with Gasteiger partial charge in [-0.1, -0.05) is 72.9 Å². The highest BCUT2D eigenvalue weighted by molar-refractivity contribution is 6.42. The topological polar surface area (TPSA) is 37.3 Å². The Morgan fingerprint density at radius 1 is 1.10 bits per heavy atom.